The fourth-order valence-electron chi connectivity index (χ4n) is 3.05. The molecule has 0 aliphatic carbocycles. The summed E-state index contributed by atoms with van der Waals surface area (Å²) in [7, 11) is 0. The minimum Gasteiger partial charge on any atom is -0.356 e. The normalized spacial score (nSPS) is 15.8. The van der Waals surface area contributed by atoms with Gasteiger partial charge < -0.3 is 10.2 Å². The molecular formula is C18H25N3OS. The fraction of sp³-hybridized carbons (Fsp3) is 0.556. The number of fused-ring (bicyclic) bond motifs is 1. The summed E-state index contributed by atoms with van der Waals surface area (Å²) in [4.78, 5) is 19.0. The molecule has 2 heterocycles. The summed E-state index contributed by atoms with van der Waals surface area (Å²) in [5.74, 6) is 0.142. The second-order valence-electron chi connectivity index (χ2n) is 6.18. The van der Waals surface area contributed by atoms with Gasteiger partial charge in [0.2, 0.25) is 5.91 Å². The Morgan fingerprint density at radius 2 is 2.04 bits per heavy atom. The Morgan fingerprint density at radius 1 is 1.22 bits per heavy atom. The van der Waals surface area contributed by atoms with E-state index in [4.69, 9.17) is 0 Å². The molecule has 1 fully saturated rings. The molecule has 1 aromatic carbocycles. The van der Waals surface area contributed by atoms with Gasteiger partial charge in [0.1, 0.15) is 0 Å². The SMILES string of the molecule is O=C(CCc1nc2ccccc2s1)NCCCN1CCCCC1. The number of hydrogen-bond acceptors (Lipinski definition) is 4. The molecule has 1 aliphatic rings. The van der Waals surface area contributed by atoms with Crippen LogP contribution in [0.1, 0.15) is 37.1 Å². The minimum absolute atomic E-state index is 0.142. The van der Waals surface area contributed by atoms with Crippen LogP contribution >= 0.6 is 11.3 Å². The average molecular weight is 331 g/mol. The first-order chi connectivity index (χ1) is 11.3. The molecule has 1 amide bonds. The van der Waals surface area contributed by atoms with Crippen LogP contribution in [0.4, 0.5) is 0 Å². The predicted molar refractivity (Wildman–Crippen MR) is 95.9 cm³/mol. The van der Waals surface area contributed by atoms with Crippen molar-refractivity contribution in [3.8, 4) is 0 Å². The second kappa shape index (κ2) is 8.41. The number of hydrogen-bond donors (Lipinski definition) is 1. The number of likely N-dealkylation sites (tertiary alicyclic amines) is 1. The summed E-state index contributed by atoms with van der Waals surface area (Å²) >= 11 is 1.69. The molecule has 0 saturated carbocycles. The molecule has 0 radical (unpaired) electrons. The van der Waals surface area contributed by atoms with Crippen molar-refractivity contribution in [3.63, 3.8) is 0 Å². The standard InChI is InChI=1S/C18H25N3OS/c22-17(19-11-6-14-21-12-4-1-5-13-21)9-10-18-20-15-7-2-3-8-16(15)23-18/h2-3,7-8H,1,4-6,9-14H2,(H,19,22). The van der Waals surface area contributed by atoms with Crippen molar-refractivity contribution < 1.29 is 4.79 Å². The van der Waals surface area contributed by atoms with Crippen molar-refractivity contribution in [1.29, 1.82) is 0 Å². The number of nitrogens with zero attached hydrogens (tertiary/aromatic N) is 2. The molecule has 4 nitrogen and oxygen atoms in total. The quantitative estimate of drug-likeness (QED) is 0.792. The topological polar surface area (TPSA) is 45.2 Å². The number of aryl methyl sites for hydroxylation is 1. The van der Waals surface area contributed by atoms with E-state index in [-0.39, 0.29) is 5.91 Å². The van der Waals surface area contributed by atoms with Gasteiger partial charge in [-0.3, -0.25) is 4.79 Å². The molecule has 2 aromatic rings. The zero-order valence-corrected chi connectivity index (χ0v) is 14.4. The van der Waals surface area contributed by atoms with E-state index in [0.29, 0.717) is 6.42 Å². The van der Waals surface area contributed by atoms with E-state index in [1.165, 1.54) is 37.1 Å². The van der Waals surface area contributed by atoms with E-state index in [9.17, 15) is 4.79 Å². The molecule has 0 atom stereocenters. The van der Waals surface area contributed by atoms with Gasteiger partial charge in [-0.2, -0.15) is 0 Å². The van der Waals surface area contributed by atoms with Crippen LogP contribution in [0.25, 0.3) is 10.2 Å². The van der Waals surface area contributed by atoms with Crippen LogP contribution in [0, 0.1) is 0 Å². The van der Waals surface area contributed by atoms with Crippen LogP contribution in [0.2, 0.25) is 0 Å². The molecule has 1 aliphatic heterocycles. The van der Waals surface area contributed by atoms with Crippen LogP contribution in [0.15, 0.2) is 24.3 Å². The van der Waals surface area contributed by atoms with Gasteiger partial charge in [0.25, 0.3) is 0 Å². The maximum absolute atomic E-state index is 11.9. The van der Waals surface area contributed by atoms with Crippen LogP contribution in [0.5, 0.6) is 0 Å². The molecule has 3 rings (SSSR count). The Hall–Kier alpha value is -1.46. The largest absolute Gasteiger partial charge is 0.356 e. The number of piperidine rings is 1. The van der Waals surface area contributed by atoms with E-state index in [1.54, 1.807) is 11.3 Å². The van der Waals surface area contributed by atoms with Gasteiger partial charge in [0.15, 0.2) is 0 Å². The van der Waals surface area contributed by atoms with Crippen molar-refractivity contribution in [2.45, 2.75) is 38.5 Å². The number of rotatable bonds is 7. The number of carbonyl (C=O) groups excluding carboxylic acids is 1. The molecular weight excluding hydrogens is 306 g/mol. The summed E-state index contributed by atoms with van der Waals surface area (Å²) in [6, 6.07) is 8.13. The number of para-hydroxylation sites is 1. The molecule has 5 heteroatoms. The maximum atomic E-state index is 11.9. The molecule has 1 N–H and O–H groups in total. The third-order valence-electron chi connectivity index (χ3n) is 4.33. The van der Waals surface area contributed by atoms with Crippen molar-refractivity contribution in [3.05, 3.63) is 29.3 Å². The van der Waals surface area contributed by atoms with Gasteiger partial charge in [-0.1, -0.05) is 18.6 Å². The van der Waals surface area contributed by atoms with Gasteiger partial charge in [-0.15, -0.1) is 11.3 Å². The molecule has 1 saturated heterocycles. The van der Waals surface area contributed by atoms with Gasteiger partial charge >= 0.3 is 0 Å². The molecule has 0 unspecified atom stereocenters. The van der Waals surface area contributed by atoms with Crippen LogP contribution in [-0.4, -0.2) is 42.0 Å². The van der Waals surface area contributed by atoms with Crippen molar-refractivity contribution in [2.24, 2.45) is 0 Å². The van der Waals surface area contributed by atoms with Crippen molar-refractivity contribution >= 4 is 27.5 Å². The van der Waals surface area contributed by atoms with Crippen LogP contribution in [0.3, 0.4) is 0 Å². The molecule has 0 spiro atoms. The number of aromatic nitrogens is 1. The lowest BCUT2D eigenvalue weighted by atomic mass is 10.1. The maximum Gasteiger partial charge on any atom is 0.220 e. The Morgan fingerprint density at radius 3 is 2.87 bits per heavy atom. The van der Waals surface area contributed by atoms with E-state index < -0.39 is 0 Å². The van der Waals surface area contributed by atoms with Gasteiger partial charge in [0, 0.05) is 19.4 Å². The lowest BCUT2D eigenvalue weighted by Crippen LogP contribution is -2.33. The first-order valence-electron chi connectivity index (χ1n) is 8.65. The highest BCUT2D eigenvalue weighted by Crippen LogP contribution is 2.22. The number of amides is 1. The highest BCUT2D eigenvalue weighted by molar-refractivity contribution is 7.18. The molecule has 124 valence electrons. The Kier molecular flexibility index (Phi) is 6.00. The summed E-state index contributed by atoms with van der Waals surface area (Å²) in [5, 5.41) is 4.09. The molecule has 0 bridgehead atoms. The summed E-state index contributed by atoms with van der Waals surface area (Å²) in [5.41, 5.74) is 1.04. The van der Waals surface area contributed by atoms with E-state index in [0.717, 1.165) is 36.5 Å². The minimum atomic E-state index is 0.142. The number of thiazole rings is 1. The second-order valence-corrected chi connectivity index (χ2v) is 7.30. The fourth-order valence-corrected chi connectivity index (χ4v) is 4.02. The Balaban J connectivity index is 1.33. The van der Waals surface area contributed by atoms with Gasteiger partial charge in [-0.05, 0) is 51.0 Å². The van der Waals surface area contributed by atoms with Gasteiger partial charge in [-0.25, -0.2) is 4.98 Å². The third-order valence-corrected chi connectivity index (χ3v) is 5.42. The number of carbonyl (C=O) groups is 1. The van der Waals surface area contributed by atoms with Crippen molar-refractivity contribution in [2.75, 3.05) is 26.2 Å². The first kappa shape index (κ1) is 16.4. The van der Waals surface area contributed by atoms with Gasteiger partial charge in [0.05, 0.1) is 15.2 Å². The average Bonchev–Trinajstić information content (AvgIpc) is 3.01. The number of nitrogens with one attached hydrogen (secondary N) is 1. The third kappa shape index (κ3) is 5.01. The highest BCUT2D eigenvalue weighted by atomic mass is 32.1. The summed E-state index contributed by atoms with van der Waals surface area (Å²) < 4.78 is 1.20. The first-order valence-corrected chi connectivity index (χ1v) is 9.46. The summed E-state index contributed by atoms with van der Waals surface area (Å²) in [6.45, 7) is 4.35. The summed E-state index contributed by atoms with van der Waals surface area (Å²) in [6.07, 6.45) is 6.34. The smallest absolute Gasteiger partial charge is 0.220 e. The lowest BCUT2D eigenvalue weighted by molar-refractivity contribution is -0.121. The number of benzene rings is 1. The van der Waals surface area contributed by atoms with Crippen LogP contribution < -0.4 is 5.32 Å². The zero-order valence-electron chi connectivity index (χ0n) is 13.6. The monoisotopic (exact) mass is 331 g/mol. The molecule has 1 aromatic heterocycles. The Bertz CT molecular complexity index is 601. The Labute approximate surface area is 141 Å². The highest BCUT2D eigenvalue weighted by Gasteiger charge is 2.10. The van der Waals surface area contributed by atoms with E-state index in [2.05, 4.69) is 21.3 Å². The van der Waals surface area contributed by atoms with E-state index in [1.807, 2.05) is 18.2 Å². The molecule has 23 heavy (non-hydrogen) atoms. The zero-order chi connectivity index (χ0) is 15.9. The lowest BCUT2D eigenvalue weighted by Gasteiger charge is -2.26. The van der Waals surface area contributed by atoms with Crippen LogP contribution in [-0.2, 0) is 11.2 Å². The predicted octanol–water partition coefficient (Wildman–Crippen LogP) is 3.22. The van der Waals surface area contributed by atoms with Crippen molar-refractivity contribution in [1.82, 2.24) is 15.2 Å². The van der Waals surface area contributed by atoms with E-state index >= 15 is 0 Å².